The van der Waals surface area contributed by atoms with Crippen LogP contribution in [-0.4, -0.2) is 5.91 Å². The maximum atomic E-state index is 11.0. The summed E-state index contributed by atoms with van der Waals surface area (Å²) in [6.07, 6.45) is 13.7. The number of primary amides is 1. The summed E-state index contributed by atoms with van der Waals surface area (Å²) in [5.41, 5.74) is 5.27. The average Bonchev–Trinajstić information content (AvgIpc) is 2.21. The van der Waals surface area contributed by atoms with Gasteiger partial charge in [0.1, 0.15) is 0 Å². The third-order valence-corrected chi connectivity index (χ3v) is 2.48. The Morgan fingerprint density at radius 1 is 1.40 bits per heavy atom. The Hall–Kier alpha value is -1.23. The van der Waals surface area contributed by atoms with Gasteiger partial charge in [0.25, 0.3) is 0 Å². The van der Waals surface area contributed by atoms with Crippen LogP contribution >= 0.6 is 0 Å². The van der Waals surface area contributed by atoms with E-state index in [9.17, 15) is 4.79 Å². The molecule has 0 heterocycles. The fourth-order valence-electron chi connectivity index (χ4n) is 1.55. The van der Waals surface area contributed by atoms with Crippen molar-refractivity contribution in [2.24, 2.45) is 11.7 Å². The molecule has 15 heavy (non-hydrogen) atoms. The number of hydrogen-bond donors (Lipinski definition) is 1. The van der Waals surface area contributed by atoms with E-state index in [0.717, 1.165) is 38.5 Å². The van der Waals surface area contributed by atoms with Crippen LogP contribution in [0.5, 0.6) is 0 Å². The van der Waals surface area contributed by atoms with Gasteiger partial charge in [-0.3, -0.25) is 4.79 Å². The predicted octanol–water partition coefficient (Wildman–Crippen LogP) is 2.64. The Morgan fingerprint density at radius 2 is 2.07 bits per heavy atom. The van der Waals surface area contributed by atoms with Gasteiger partial charge in [-0.15, -0.1) is 18.9 Å². The monoisotopic (exact) mass is 207 g/mol. The van der Waals surface area contributed by atoms with Crippen molar-refractivity contribution in [2.45, 2.75) is 44.9 Å². The fraction of sp³-hybridized carbons (Fsp3) is 0.615. The number of unbranched alkanes of at least 4 members (excludes halogenated alkanes) is 4. The van der Waals surface area contributed by atoms with Crippen LogP contribution in [0.1, 0.15) is 44.9 Å². The summed E-state index contributed by atoms with van der Waals surface area (Å²) in [7, 11) is 0. The second-order valence-electron chi connectivity index (χ2n) is 3.78. The van der Waals surface area contributed by atoms with Crippen LogP contribution in [0.3, 0.4) is 0 Å². The fourth-order valence-corrected chi connectivity index (χ4v) is 1.55. The van der Waals surface area contributed by atoms with E-state index in [1.54, 1.807) is 6.08 Å². The van der Waals surface area contributed by atoms with Crippen molar-refractivity contribution in [1.82, 2.24) is 0 Å². The topological polar surface area (TPSA) is 43.1 Å². The summed E-state index contributed by atoms with van der Waals surface area (Å²) in [4.78, 5) is 11.0. The molecule has 0 aliphatic rings. The van der Waals surface area contributed by atoms with Crippen molar-refractivity contribution in [1.29, 1.82) is 0 Å². The van der Waals surface area contributed by atoms with Crippen LogP contribution in [-0.2, 0) is 4.79 Å². The zero-order valence-electron chi connectivity index (χ0n) is 9.37. The molecule has 0 spiro atoms. The number of nitrogens with two attached hydrogens (primary N) is 1. The van der Waals surface area contributed by atoms with E-state index in [4.69, 9.17) is 12.2 Å². The highest BCUT2D eigenvalue weighted by atomic mass is 16.1. The molecule has 2 nitrogen and oxygen atoms in total. The molecule has 0 fully saturated rings. The summed E-state index contributed by atoms with van der Waals surface area (Å²) in [6.45, 7) is 3.62. The van der Waals surface area contributed by atoms with Crippen LogP contribution < -0.4 is 5.73 Å². The van der Waals surface area contributed by atoms with Crippen molar-refractivity contribution in [3.8, 4) is 12.3 Å². The molecule has 0 aliphatic heterocycles. The van der Waals surface area contributed by atoms with Crippen molar-refractivity contribution < 1.29 is 4.79 Å². The lowest BCUT2D eigenvalue weighted by Crippen LogP contribution is -2.22. The van der Waals surface area contributed by atoms with Gasteiger partial charge in [0.05, 0.1) is 0 Å². The molecule has 1 amide bonds. The first-order valence-corrected chi connectivity index (χ1v) is 5.56. The van der Waals surface area contributed by atoms with Gasteiger partial charge >= 0.3 is 0 Å². The summed E-state index contributed by atoms with van der Waals surface area (Å²) >= 11 is 0. The van der Waals surface area contributed by atoms with Crippen LogP contribution in [0.4, 0.5) is 0 Å². The third kappa shape index (κ3) is 7.81. The van der Waals surface area contributed by atoms with Gasteiger partial charge in [0, 0.05) is 12.3 Å². The Morgan fingerprint density at radius 3 is 2.60 bits per heavy atom. The highest BCUT2D eigenvalue weighted by Crippen LogP contribution is 2.14. The van der Waals surface area contributed by atoms with E-state index < -0.39 is 0 Å². The zero-order chi connectivity index (χ0) is 11.5. The van der Waals surface area contributed by atoms with Crippen LogP contribution in [0.15, 0.2) is 12.7 Å². The van der Waals surface area contributed by atoms with Crippen LogP contribution in [0.25, 0.3) is 0 Å². The lowest BCUT2D eigenvalue weighted by atomic mass is 9.97. The van der Waals surface area contributed by atoms with Gasteiger partial charge in [-0.1, -0.05) is 25.3 Å². The smallest absolute Gasteiger partial charge is 0.220 e. The maximum absolute atomic E-state index is 11.0. The minimum atomic E-state index is -0.210. The zero-order valence-corrected chi connectivity index (χ0v) is 9.37. The number of carbonyl (C=O) groups excluding carboxylic acids is 1. The summed E-state index contributed by atoms with van der Waals surface area (Å²) in [6, 6.07) is 0. The lowest BCUT2D eigenvalue weighted by Gasteiger charge is -2.10. The Kier molecular flexibility index (Phi) is 8.56. The molecule has 0 aromatic rings. The molecule has 0 aromatic carbocycles. The molecule has 84 valence electrons. The van der Waals surface area contributed by atoms with E-state index in [2.05, 4.69) is 12.5 Å². The number of amides is 1. The van der Waals surface area contributed by atoms with E-state index in [-0.39, 0.29) is 11.8 Å². The van der Waals surface area contributed by atoms with Crippen LogP contribution in [0, 0.1) is 18.3 Å². The molecular formula is C13H21NO. The Balaban J connectivity index is 3.50. The normalized spacial score (nSPS) is 11.7. The van der Waals surface area contributed by atoms with Crippen molar-refractivity contribution in [2.75, 3.05) is 0 Å². The summed E-state index contributed by atoms with van der Waals surface area (Å²) in [5.74, 6) is 2.38. The van der Waals surface area contributed by atoms with Gasteiger partial charge in [-0.25, -0.2) is 0 Å². The molecule has 2 N–H and O–H groups in total. The molecule has 0 aliphatic carbocycles. The molecule has 0 bridgehead atoms. The molecule has 2 heteroatoms. The van der Waals surface area contributed by atoms with E-state index >= 15 is 0 Å². The van der Waals surface area contributed by atoms with Gasteiger partial charge in [-0.05, 0) is 19.3 Å². The van der Waals surface area contributed by atoms with Gasteiger partial charge < -0.3 is 5.73 Å². The van der Waals surface area contributed by atoms with E-state index in [1.807, 2.05) is 0 Å². The van der Waals surface area contributed by atoms with Crippen LogP contribution in [0.2, 0.25) is 0 Å². The van der Waals surface area contributed by atoms with Crippen molar-refractivity contribution in [3.05, 3.63) is 12.7 Å². The molecule has 1 unspecified atom stereocenters. The molecule has 0 radical (unpaired) electrons. The minimum Gasteiger partial charge on any atom is -0.369 e. The number of terminal acetylenes is 1. The quantitative estimate of drug-likeness (QED) is 0.352. The van der Waals surface area contributed by atoms with Crippen molar-refractivity contribution >= 4 is 5.91 Å². The highest BCUT2D eigenvalue weighted by molar-refractivity contribution is 5.76. The summed E-state index contributed by atoms with van der Waals surface area (Å²) < 4.78 is 0. The van der Waals surface area contributed by atoms with E-state index in [1.165, 1.54) is 0 Å². The Bertz CT molecular complexity index is 227. The molecule has 1 atom stereocenters. The third-order valence-electron chi connectivity index (χ3n) is 2.48. The highest BCUT2D eigenvalue weighted by Gasteiger charge is 2.12. The second-order valence-corrected chi connectivity index (χ2v) is 3.78. The molecule has 0 rings (SSSR count). The molecule has 0 saturated carbocycles. The number of rotatable bonds is 9. The second kappa shape index (κ2) is 9.33. The minimum absolute atomic E-state index is 0.0323. The predicted molar refractivity (Wildman–Crippen MR) is 64.0 cm³/mol. The Labute approximate surface area is 92.9 Å². The standard InChI is InChI=1S/C13H21NO/c1-3-5-6-7-8-9-11-12(10-4-2)13(14)15/h1,4,12H,2,5-11H2,(H2,14,15). The first kappa shape index (κ1) is 13.8. The average molecular weight is 207 g/mol. The molecule has 0 aromatic heterocycles. The number of allylic oxidation sites excluding steroid dienone is 1. The lowest BCUT2D eigenvalue weighted by molar-refractivity contribution is -0.121. The largest absolute Gasteiger partial charge is 0.369 e. The van der Waals surface area contributed by atoms with Gasteiger partial charge in [-0.2, -0.15) is 0 Å². The number of hydrogen-bond acceptors (Lipinski definition) is 1. The molecular weight excluding hydrogens is 186 g/mol. The maximum Gasteiger partial charge on any atom is 0.220 e. The SMILES string of the molecule is C#CCCCCCCC(CC=C)C(N)=O. The molecule has 0 saturated heterocycles. The first-order valence-electron chi connectivity index (χ1n) is 5.56. The summed E-state index contributed by atoms with van der Waals surface area (Å²) in [5, 5.41) is 0. The number of carbonyl (C=O) groups is 1. The van der Waals surface area contributed by atoms with E-state index in [0.29, 0.717) is 6.42 Å². The first-order chi connectivity index (χ1) is 7.22. The van der Waals surface area contributed by atoms with Crippen molar-refractivity contribution in [3.63, 3.8) is 0 Å². The van der Waals surface area contributed by atoms with Gasteiger partial charge in [0.2, 0.25) is 5.91 Å². The van der Waals surface area contributed by atoms with Gasteiger partial charge in [0.15, 0.2) is 0 Å².